The van der Waals surface area contributed by atoms with Crippen LogP contribution in [0.15, 0.2) is 33.7 Å². The van der Waals surface area contributed by atoms with E-state index in [0.717, 1.165) is 23.2 Å². The van der Waals surface area contributed by atoms with E-state index in [1.807, 2.05) is 30.6 Å². The van der Waals surface area contributed by atoms with E-state index < -0.39 is 0 Å². The third kappa shape index (κ3) is 1.49. The second-order valence-electron chi connectivity index (χ2n) is 3.37. The maximum atomic E-state index is 9.45. The van der Waals surface area contributed by atoms with Crippen molar-refractivity contribution in [3.8, 4) is 0 Å². The molecule has 0 aliphatic carbocycles. The summed E-state index contributed by atoms with van der Waals surface area (Å²) in [4.78, 5) is 4.19. The van der Waals surface area contributed by atoms with Crippen molar-refractivity contribution in [1.29, 1.82) is 0 Å². The van der Waals surface area contributed by atoms with E-state index in [9.17, 15) is 5.11 Å². The lowest BCUT2D eigenvalue weighted by atomic mass is 10.2. The Morgan fingerprint density at radius 1 is 1.43 bits per heavy atom. The van der Waals surface area contributed by atoms with Crippen molar-refractivity contribution < 1.29 is 5.11 Å². The van der Waals surface area contributed by atoms with Crippen molar-refractivity contribution in [3.63, 3.8) is 0 Å². The minimum absolute atomic E-state index is 0.0616. The fourth-order valence-corrected chi connectivity index (χ4v) is 2.32. The lowest BCUT2D eigenvalue weighted by Crippen LogP contribution is -2.47. The second-order valence-corrected chi connectivity index (χ2v) is 4.23. The number of rotatable bonds is 2. The molecule has 14 heavy (non-hydrogen) atoms. The number of benzene rings is 1. The first-order valence-electron chi connectivity index (χ1n) is 4.52. The Labute approximate surface area is 91.4 Å². The first kappa shape index (κ1) is 9.83. The van der Waals surface area contributed by atoms with Crippen molar-refractivity contribution in [2.45, 2.75) is 0 Å². The molecule has 3 nitrogen and oxygen atoms in total. The molecule has 1 aliphatic heterocycles. The Morgan fingerprint density at radius 2 is 2.21 bits per heavy atom. The minimum atomic E-state index is 0.0616. The molecular weight excluding hydrogens is 244 g/mol. The van der Waals surface area contributed by atoms with E-state index in [0.29, 0.717) is 4.48 Å². The van der Waals surface area contributed by atoms with Gasteiger partial charge in [0, 0.05) is 6.07 Å². The number of nitrogens with zero attached hydrogens (tertiary/aromatic N) is 2. The van der Waals surface area contributed by atoms with Crippen LogP contribution in [0.4, 0.5) is 5.69 Å². The van der Waals surface area contributed by atoms with E-state index >= 15 is 0 Å². The summed E-state index contributed by atoms with van der Waals surface area (Å²) >= 11 is 3.49. The SMILES string of the molecule is OC[N+]1(c2ccccc2Br)C=NCC1. The van der Waals surface area contributed by atoms with Crippen LogP contribution in [0.1, 0.15) is 0 Å². The van der Waals surface area contributed by atoms with Crippen LogP contribution in [0.25, 0.3) is 0 Å². The molecule has 0 fully saturated rings. The molecule has 1 unspecified atom stereocenters. The van der Waals surface area contributed by atoms with E-state index in [1.165, 1.54) is 0 Å². The average Bonchev–Trinajstić information content (AvgIpc) is 2.68. The zero-order valence-corrected chi connectivity index (χ0v) is 9.31. The van der Waals surface area contributed by atoms with Crippen LogP contribution in [0.3, 0.4) is 0 Å². The molecule has 0 radical (unpaired) electrons. The number of para-hydroxylation sites is 1. The molecule has 74 valence electrons. The predicted octanol–water partition coefficient (Wildman–Crippen LogP) is 1.75. The molecule has 0 spiro atoms. The predicted molar refractivity (Wildman–Crippen MR) is 61.2 cm³/mol. The fraction of sp³-hybridized carbons (Fsp3) is 0.300. The monoisotopic (exact) mass is 255 g/mol. The highest BCUT2D eigenvalue weighted by atomic mass is 79.9. The molecule has 0 saturated carbocycles. The lowest BCUT2D eigenvalue weighted by Gasteiger charge is -2.27. The summed E-state index contributed by atoms with van der Waals surface area (Å²) in [5.41, 5.74) is 1.07. The number of hydrogen-bond donors (Lipinski definition) is 1. The van der Waals surface area contributed by atoms with Gasteiger partial charge in [0.25, 0.3) is 0 Å². The quantitative estimate of drug-likeness (QED) is 0.803. The summed E-state index contributed by atoms with van der Waals surface area (Å²) in [6, 6.07) is 7.94. The van der Waals surface area contributed by atoms with Crippen LogP contribution in [0.2, 0.25) is 0 Å². The van der Waals surface area contributed by atoms with Gasteiger partial charge in [-0.25, -0.2) is 9.48 Å². The van der Waals surface area contributed by atoms with Gasteiger partial charge >= 0.3 is 0 Å². The maximum absolute atomic E-state index is 9.45. The third-order valence-corrected chi connectivity index (χ3v) is 3.19. The third-order valence-electron chi connectivity index (χ3n) is 2.52. The van der Waals surface area contributed by atoms with Gasteiger partial charge in [-0.1, -0.05) is 12.1 Å². The molecule has 0 saturated heterocycles. The summed E-state index contributed by atoms with van der Waals surface area (Å²) in [6.07, 6.45) is 1.82. The summed E-state index contributed by atoms with van der Waals surface area (Å²) in [7, 11) is 0. The number of quaternary nitrogens is 1. The van der Waals surface area contributed by atoms with Crippen LogP contribution >= 0.6 is 15.9 Å². The first-order valence-corrected chi connectivity index (χ1v) is 5.31. The van der Waals surface area contributed by atoms with Gasteiger partial charge in [-0.2, -0.15) is 0 Å². The van der Waals surface area contributed by atoms with E-state index in [1.54, 1.807) is 0 Å². The fourth-order valence-electron chi connectivity index (χ4n) is 1.69. The summed E-state index contributed by atoms with van der Waals surface area (Å²) in [6.45, 7) is 1.67. The Bertz CT molecular complexity index is 367. The molecule has 0 aromatic heterocycles. The number of aliphatic hydroxyl groups is 1. The Hall–Kier alpha value is -0.710. The zero-order chi connectivity index (χ0) is 10.0. The van der Waals surface area contributed by atoms with E-state index in [-0.39, 0.29) is 6.73 Å². The normalized spacial score (nSPS) is 25.6. The highest BCUT2D eigenvalue weighted by Gasteiger charge is 2.32. The van der Waals surface area contributed by atoms with Gasteiger partial charge in [-0.3, -0.25) is 0 Å². The van der Waals surface area contributed by atoms with Crippen molar-refractivity contribution in [2.75, 3.05) is 19.8 Å². The molecule has 2 rings (SSSR count). The van der Waals surface area contributed by atoms with E-state index in [2.05, 4.69) is 20.9 Å². The summed E-state index contributed by atoms with van der Waals surface area (Å²) in [5, 5.41) is 9.45. The second kappa shape index (κ2) is 3.81. The van der Waals surface area contributed by atoms with Gasteiger partial charge in [0.05, 0.1) is 11.0 Å². The van der Waals surface area contributed by atoms with Gasteiger partial charge in [0.15, 0.2) is 18.8 Å². The lowest BCUT2D eigenvalue weighted by molar-refractivity contribution is 0.184. The van der Waals surface area contributed by atoms with Crippen molar-refractivity contribution in [1.82, 2.24) is 4.48 Å². The molecule has 1 heterocycles. The molecule has 4 heteroatoms. The Balaban J connectivity index is 2.46. The smallest absolute Gasteiger partial charge is 0.192 e. The van der Waals surface area contributed by atoms with E-state index in [4.69, 9.17) is 0 Å². The zero-order valence-electron chi connectivity index (χ0n) is 7.73. The van der Waals surface area contributed by atoms with Crippen LogP contribution in [0, 0.1) is 0 Å². The average molecular weight is 256 g/mol. The van der Waals surface area contributed by atoms with Gasteiger partial charge in [-0.15, -0.1) is 0 Å². The molecule has 1 N–H and O–H groups in total. The number of hydrogen-bond acceptors (Lipinski definition) is 2. The molecule has 0 bridgehead atoms. The topological polar surface area (TPSA) is 32.6 Å². The van der Waals surface area contributed by atoms with Crippen molar-refractivity contribution in [2.24, 2.45) is 4.99 Å². The number of aliphatic imine (C=N–C) groups is 1. The van der Waals surface area contributed by atoms with Gasteiger partial charge < -0.3 is 5.11 Å². The molecular formula is C10H12BrN2O+. The van der Waals surface area contributed by atoms with Crippen LogP contribution < -0.4 is 4.48 Å². The van der Waals surface area contributed by atoms with Crippen LogP contribution in [0.5, 0.6) is 0 Å². The maximum Gasteiger partial charge on any atom is 0.192 e. The summed E-state index contributed by atoms with van der Waals surface area (Å²) < 4.78 is 1.45. The summed E-state index contributed by atoms with van der Waals surface area (Å²) in [5.74, 6) is 0. The Kier molecular flexibility index (Phi) is 2.67. The van der Waals surface area contributed by atoms with Gasteiger partial charge in [-0.05, 0) is 22.0 Å². The molecule has 1 aromatic carbocycles. The largest absolute Gasteiger partial charge is 0.346 e. The number of aliphatic hydroxyl groups excluding tert-OH is 1. The molecule has 1 aromatic rings. The molecule has 1 atom stereocenters. The minimum Gasteiger partial charge on any atom is -0.346 e. The van der Waals surface area contributed by atoms with Gasteiger partial charge in [0.1, 0.15) is 6.54 Å². The van der Waals surface area contributed by atoms with Crippen molar-refractivity contribution >= 4 is 28.0 Å². The van der Waals surface area contributed by atoms with Gasteiger partial charge in [0.2, 0.25) is 0 Å². The standard InChI is InChI=1S/C10H12BrN2O/c11-9-3-1-2-4-10(9)13(8-14)6-5-12-7-13/h1-4,7,14H,5-6,8H2/q+1. The molecule has 1 aliphatic rings. The van der Waals surface area contributed by atoms with Crippen molar-refractivity contribution in [3.05, 3.63) is 28.7 Å². The first-order chi connectivity index (χ1) is 6.78. The van der Waals surface area contributed by atoms with Crippen LogP contribution in [-0.2, 0) is 0 Å². The molecule has 0 amide bonds. The number of halogens is 1. The highest BCUT2D eigenvalue weighted by Crippen LogP contribution is 2.31. The van der Waals surface area contributed by atoms with Crippen LogP contribution in [-0.4, -0.2) is 31.3 Å². The Morgan fingerprint density at radius 3 is 2.79 bits per heavy atom. The highest BCUT2D eigenvalue weighted by molar-refractivity contribution is 9.10.